The second-order valence-corrected chi connectivity index (χ2v) is 4.14. The summed E-state index contributed by atoms with van der Waals surface area (Å²) in [4.78, 5) is 9.55. The Labute approximate surface area is 91.9 Å². The molecule has 0 aliphatic heterocycles. The number of rotatable bonds is 2. The number of hydrogen-bond acceptors (Lipinski definition) is 2. The van der Waals surface area contributed by atoms with Crippen molar-refractivity contribution in [3.63, 3.8) is 0 Å². The van der Waals surface area contributed by atoms with Crippen LogP contribution < -0.4 is 0 Å². The number of nitro groups is 1. The predicted octanol–water partition coefficient (Wildman–Crippen LogP) is 3.46. The van der Waals surface area contributed by atoms with E-state index in [2.05, 4.69) is 31.9 Å². The first kappa shape index (κ1) is 10.4. The topological polar surface area (TPSA) is 43.1 Å². The molecule has 0 bridgehead atoms. The normalized spacial score (nSPS) is 10.6. The lowest BCUT2D eigenvalue weighted by Crippen LogP contribution is -1.82. The molecule has 13 heavy (non-hydrogen) atoms. The number of halogens is 2. The van der Waals surface area contributed by atoms with Gasteiger partial charge in [-0.3, -0.25) is 10.1 Å². The van der Waals surface area contributed by atoms with Gasteiger partial charge in [0.15, 0.2) is 0 Å². The Morgan fingerprint density at radius 1 is 1.23 bits per heavy atom. The van der Waals surface area contributed by atoms with E-state index in [9.17, 15) is 10.1 Å². The van der Waals surface area contributed by atoms with Crippen molar-refractivity contribution in [3.8, 4) is 0 Å². The van der Waals surface area contributed by atoms with Crippen molar-refractivity contribution in [2.75, 3.05) is 0 Å². The molecule has 5 heteroatoms. The standard InChI is InChI=1S/C8H5Br2NO2/c9-7-3-6(1-2-11(12)13)4-8(10)5-7/h1-5H/b2-1+. The molecule has 0 amide bonds. The highest BCUT2D eigenvalue weighted by Crippen LogP contribution is 2.20. The summed E-state index contributed by atoms with van der Waals surface area (Å²) in [6.45, 7) is 0. The van der Waals surface area contributed by atoms with Crippen molar-refractivity contribution in [1.82, 2.24) is 0 Å². The van der Waals surface area contributed by atoms with Crippen LogP contribution in [-0.2, 0) is 0 Å². The van der Waals surface area contributed by atoms with Gasteiger partial charge in [0.05, 0.1) is 4.92 Å². The molecule has 0 fully saturated rings. The van der Waals surface area contributed by atoms with E-state index in [4.69, 9.17) is 0 Å². The van der Waals surface area contributed by atoms with Crippen LogP contribution in [0.3, 0.4) is 0 Å². The Morgan fingerprint density at radius 3 is 2.23 bits per heavy atom. The summed E-state index contributed by atoms with van der Waals surface area (Å²) in [5, 5.41) is 10.0. The summed E-state index contributed by atoms with van der Waals surface area (Å²) >= 11 is 6.57. The molecule has 0 atom stereocenters. The minimum atomic E-state index is -0.491. The van der Waals surface area contributed by atoms with Crippen molar-refractivity contribution in [1.29, 1.82) is 0 Å². The van der Waals surface area contributed by atoms with Crippen molar-refractivity contribution < 1.29 is 4.92 Å². The van der Waals surface area contributed by atoms with Crippen LogP contribution in [0.15, 0.2) is 33.3 Å². The molecule has 0 N–H and O–H groups in total. The van der Waals surface area contributed by atoms with Gasteiger partial charge in [-0.2, -0.15) is 0 Å². The third-order valence-corrected chi connectivity index (χ3v) is 2.19. The molecule has 0 unspecified atom stereocenters. The average Bonchev–Trinajstić information content (AvgIpc) is 1.99. The Morgan fingerprint density at radius 2 is 1.77 bits per heavy atom. The lowest BCUT2D eigenvalue weighted by Gasteiger charge is -1.95. The zero-order chi connectivity index (χ0) is 9.84. The van der Waals surface area contributed by atoms with Crippen molar-refractivity contribution in [2.45, 2.75) is 0 Å². The highest BCUT2D eigenvalue weighted by molar-refractivity contribution is 9.11. The van der Waals surface area contributed by atoms with Crippen LogP contribution in [0.5, 0.6) is 0 Å². The van der Waals surface area contributed by atoms with Crippen molar-refractivity contribution in [2.24, 2.45) is 0 Å². The van der Waals surface area contributed by atoms with Gasteiger partial charge in [-0.25, -0.2) is 0 Å². The molecular weight excluding hydrogens is 302 g/mol. The van der Waals surface area contributed by atoms with E-state index in [1.807, 2.05) is 6.07 Å². The Hall–Kier alpha value is -0.680. The van der Waals surface area contributed by atoms with Gasteiger partial charge in [-0.05, 0) is 23.8 Å². The van der Waals surface area contributed by atoms with E-state index in [0.717, 1.165) is 20.7 Å². The summed E-state index contributed by atoms with van der Waals surface area (Å²) in [6.07, 6.45) is 2.35. The van der Waals surface area contributed by atoms with Crippen molar-refractivity contribution in [3.05, 3.63) is 49.0 Å². The quantitative estimate of drug-likeness (QED) is 0.620. The minimum Gasteiger partial charge on any atom is -0.259 e. The van der Waals surface area contributed by atoms with Crippen LogP contribution in [0.2, 0.25) is 0 Å². The van der Waals surface area contributed by atoms with E-state index in [1.54, 1.807) is 12.1 Å². The first-order valence-electron chi connectivity index (χ1n) is 3.36. The van der Waals surface area contributed by atoms with Crippen LogP contribution in [0.25, 0.3) is 6.08 Å². The molecular formula is C8H5Br2NO2. The summed E-state index contributed by atoms with van der Waals surface area (Å²) in [7, 11) is 0. The van der Waals surface area contributed by atoms with E-state index >= 15 is 0 Å². The maximum absolute atomic E-state index is 10.0. The molecule has 0 spiro atoms. The van der Waals surface area contributed by atoms with Crippen LogP contribution >= 0.6 is 31.9 Å². The molecule has 0 aliphatic carbocycles. The Bertz CT molecular complexity index is 343. The Balaban J connectivity index is 2.95. The molecule has 0 heterocycles. The van der Waals surface area contributed by atoms with E-state index in [0.29, 0.717) is 0 Å². The summed E-state index contributed by atoms with van der Waals surface area (Å²) in [5.74, 6) is 0. The lowest BCUT2D eigenvalue weighted by molar-refractivity contribution is -0.400. The maximum atomic E-state index is 10.0. The zero-order valence-electron chi connectivity index (χ0n) is 6.41. The first-order valence-corrected chi connectivity index (χ1v) is 4.94. The first-order chi connectivity index (χ1) is 6.08. The fourth-order valence-corrected chi connectivity index (χ4v) is 2.15. The van der Waals surface area contributed by atoms with Crippen LogP contribution in [-0.4, -0.2) is 4.92 Å². The second kappa shape index (κ2) is 4.53. The minimum absolute atomic E-state index is 0.491. The molecule has 68 valence electrons. The zero-order valence-corrected chi connectivity index (χ0v) is 9.58. The van der Waals surface area contributed by atoms with E-state index in [-0.39, 0.29) is 0 Å². The van der Waals surface area contributed by atoms with Gasteiger partial charge < -0.3 is 0 Å². The number of hydrogen-bond donors (Lipinski definition) is 0. The van der Waals surface area contributed by atoms with Crippen LogP contribution in [0.1, 0.15) is 5.56 Å². The monoisotopic (exact) mass is 305 g/mol. The van der Waals surface area contributed by atoms with Gasteiger partial charge >= 0.3 is 0 Å². The SMILES string of the molecule is O=[N+]([O-])/C=C/c1cc(Br)cc(Br)c1. The second-order valence-electron chi connectivity index (χ2n) is 2.30. The highest BCUT2D eigenvalue weighted by atomic mass is 79.9. The average molecular weight is 307 g/mol. The van der Waals surface area contributed by atoms with Gasteiger partial charge in [0.25, 0.3) is 0 Å². The van der Waals surface area contributed by atoms with Crippen molar-refractivity contribution >= 4 is 37.9 Å². The van der Waals surface area contributed by atoms with Crippen LogP contribution in [0.4, 0.5) is 0 Å². The predicted molar refractivity (Wildman–Crippen MR) is 57.9 cm³/mol. The molecule has 0 radical (unpaired) electrons. The van der Waals surface area contributed by atoms with Gasteiger partial charge in [0.1, 0.15) is 0 Å². The molecule has 0 aliphatic rings. The third kappa shape index (κ3) is 3.69. The van der Waals surface area contributed by atoms with Crippen LogP contribution in [0, 0.1) is 10.1 Å². The Kier molecular flexibility index (Phi) is 3.62. The molecule has 1 aromatic carbocycles. The maximum Gasteiger partial charge on any atom is 0.235 e. The smallest absolute Gasteiger partial charge is 0.235 e. The van der Waals surface area contributed by atoms with Gasteiger partial charge in [0.2, 0.25) is 6.20 Å². The fraction of sp³-hybridized carbons (Fsp3) is 0. The van der Waals surface area contributed by atoms with Gasteiger partial charge in [-0.1, -0.05) is 31.9 Å². The third-order valence-electron chi connectivity index (χ3n) is 1.27. The van der Waals surface area contributed by atoms with Gasteiger partial charge in [-0.15, -0.1) is 0 Å². The summed E-state index contributed by atoms with van der Waals surface area (Å²) in [5.41, 5.74) is 0.776. The molecule has 0 saturated carbocycles. The summed E-state index contributed by atoms with van der Waals surface area (Å²) in [6, 6.07) is 5.46. The number of nitrogens with zero attached hydrogens (tertiary/aromatic N) is 1. The number of benzene rings is 1. The fourth-order valence-electron chi connectivity index (χ4n) is 0.818. The molecule has 1 aromatic rings. The van der Waals surface area contributed by atoms with E-state index < -0.39 is 4.92 Å². The molecule has 1 rings (SSSR count). The highest BCUT2D eigenvalue weighted by Gasteiger charge is 1.95. The molecule has 0 saturated heterocycles. The summed E-state index contributed by atoms with van der Waals surface area (Å²) < 4.78 is 1.76. The lowest BCUT2D eigenvalue weighted by atomic mass is 10.2. The van der Waals surface area contributed by atoms with E-state index in [1.165, 1.54) is 6.08 Å². The largest absolute Gasteiger partial charge is 0.259 e. The molecule has 0 aromatic heterocycles. The van der Waals surface area contributed by atoms with Gasteiger partial charge in [0, 0.05) is 15.0 Å². The molecule has 3 nitrogen and oxygen atoms in total.